The molecule has 1 aromatic heterocycles. The van der Waals surface area contributed by atoms with Gasteiger partial charge in [-0.1, -0.05) is 12.1 Å². The fourth-order valence-corrected chi connectivity index (χ4v) is 8.51. The third-order valence-corrected chi connectivity index (χ3v) is 12.9. The first-order valence-corrected chi connectivity index (χ1v) is 23.4. The van der Waals surface area contributed by atoms with Crippen molar-refractivity contribution in [1.29, 1.82) is 0 Å². The standard InChI is InChI=1S/C48H56O28/c49-13-24-30(54)35(59)39(63)45(72-24)68-19-6-1-17(2-7-19)3-10-28(53)67-16-27-33(57)38(62)42(66)48(75-27)76-44-34(58)29-22(52)11-21(70-47-41(65)37(61)32(56)26(15-51)74-47)12-23(29)71-43(44)18-4-8-20(9-5-18)69-46-40(64)36(60)31(55)25(14-50)73-46/h1-12,24-27,30-33,35-42,45-52,54-57,59-66H,13-16H2/b10-3+/t24?,25?,26?,27?,30-,31-,32-,33-,35?,36?,37+,38?,39?,40?,41?,42?,45-,46-,47-,48+/m1/s1. The van der Waals surface area contributed by atoms with E-state index in [1.54, 1.807) is 0 Å². The predicted molar refractivity (Wildman–Crippen MR) is 247 cm³/mol. The zero-order valence-electron chi connectivity index (χ0n) is 39.4. The third kappa shape index (κ3) is 11.8. The number of aliphatic hydroxyl groups excluding tert-OH is 15. The van der Waals surface area contributed by atoms with Crippen molar-refractivity contribution < 1.29 is 134 Å². The lowest BCUT2D eigenvalue weighted by molar-refractivity contribution is -0.278. The number of rotatable bonds is 16. The smallest absolute Gasteiger partial charge is 0.330 e. The number of ether oxygens (including phenoxy) is 9. The molecule has 76 heavy (non-hydrogen) atoms. The highest BCUT2D eigenvalue weighted by molar-refractivity contribution is 5.88. The van der Waals surface area contributed by atoms with E-state index in [4.69, 9.17) is 47.0 Å². The molecule has 4 aliphatic rings. The number of carbonyl (C=O) groups excluding carboxylic acids is 1. The van der Waals surface area contributed by atoms with Crippen LogP contribution in [0.4, 0.5) is 0 Å². The number of aliphatic hydroxyl groups is 15. The number of phenols is 1. The first kappa shape index (κ1) is 56.5. The van der Waals surface area contributed by atoms with Gasteiger partial charge in [0.25, 0.3) is 0 Å². The summed E-state index contributed by atoms with van der Waals surface area (Å²) < 4.78 is 56.1. The number of fused-ring (bicyclic) bond motifs is 1. The van der Waals surface area contributed by atoms with Crippen molar-refractivity contribution in [2.75, 3.05) is 26.4 Å². The van der Waals surface area contributed by atoms with Crippen molar-refractivity contribution in [1.82, 2.24) is 0 Å². The molecule has 416 valence electrons. The van der Waals surface area contributed by atoms with E-state index in [2.05, 4.69) is 0 Å². The molecule has 4 fully saturated rings. The van der Waals surface area contributed by atoms with E-state index in [1.165, 1.54) is 54.6 Å². The molecule has 20 atom stereocenters. The van der Waals surface area contributed by atoms with E-state index in [-0.39, 0.29) is 22.8 Å². The van der Waals surface area contributed by atoms with Crippen LogP contribution in [0.2, 0.25) is 0 Å². The van der Waals surface area contributed by atoms with Gasteiger partial charge in [0.2, 0.25) is 36.3 Å². The Hall–Kier alpha value is -5.68. The van der Waals surface area contributed by atoms with E-state index >= 15 is 0 Å². The fraction of sp³-hybridized carbons (Fsp3) is 0.500. The molecule has 28 nitrogen and oxygen atoms in total. The van der Waals surface area contributed by atoms with Crippen LogP contribution in [0.3, 0.4) is 0 Å². The minimum absolute atomic E-state index is 0.0194. The predicted octanol–water partition coefficient (Wildman–Crippen LogP) is -5.86. The Morgan fingerprint density at radius 2 is 0.908 bits per heavy atom. The van der Waals surface area contributed by atoms with Crippen molar-refractivity contribution in [3.63, 3.8) is 0 Å². The fourth-order valence-electron chi connectivity index (χ4n) is 8.51. The molecule has 0 bridgehead atoms. The number of carbonyl (C=O) groups is 1. The minimum Gasteiger partial charge on any atom is -0.507 e. The Morgan fingerprint density at radius 1 is 0.500 bits per heavy atom. The zero-order valence-corrected chi connectivity index (χ0v) is 39.4. The zero-order chi connectivity index (χ0) is 54.9. The molecule has 11 unspecified atom stereocenters. The molecule has 5 heterocycles. The normalized spacial score (nSPS) is 35.9. The quantitative estimate of drug-likeness (QED) is 0.0367. The van der Waals surface area contributed by atoms with E-state index < -0.39 is 189 Å². The van der Waals surface area contributed by atoms with Gasteiger partial charge in [0.1, 0.15) is 138 Å². The second kappa shape index (κ2) is 23.9. The van der Waals surface area contributed by atoms with Crippen LogP contribution in [0.5, 0.6) is 28.7 Å². The molecule has 28 heteroatoms. The molecular formula is C48H56O28. The van der Waals surface area contributed by atoms with Gasteiger partial charge in [0, 0.05) is 23.8 Å². The van der Waals surface area contributed by atoms with Gasteiger partial charge in [-0.2, -0.15) is 0 Å². The molecular weight excluding hydrogens is 1020 g/mol. The van der Waals surface area contributed by atoms with Gasteiger partial charge >= 0.3 is 5.97 Å². The molecule has 16 N–H and O–H groups in total. The summed E-state index contributed by atoms with van der Waals surface area (Å²) in [7, 11) is 0. The first-order valence-electron chi connectivity index (χ1n) is 23.4. The van der Waals surface area contributed by atoms with E-state index in [0.717, 1.165) is 18.2 Å². The summed E-state index contributed by atoms with van der Waals surface area (Å²) in [6, 6.07) is 12.9. The summed E-state index contributed by atoms with van der Waals surface area (Å²) in [5.41, 5.74) is -1.17. The molecule has 0 radical (unpaired) electrons. The third-order valence-electron chi connectivity index (χ3n) is 12.9. The number of hydrogen-bond donors (Lipinski definition) is 16. The summed E-state index contributed by atoms with van der Waals surface area (Å²) in [6.45, 7) is -2.97. The Kier molecular flexibility index (Phi) is 17.8. The van der Waals surface area contributed by atoms with E-state index in [1.807, 2.05) is 0 Å². The van der Waals surface area contributed by atoms with Gasteiger partial charge in [-0.05, 0) is 48.0 Å². The SMILES string of the molecule is O=C(/C=C/c1ccc(O[C@@H]2OC(CO)[C@@H](O)C(O)C2O)cc1)OCC1O[C@@H](Oc2c(-c3ccc(O[C@@H]4OC(CO)[C@@H](O)C(O)C4O)cc3)oc3cc(O[C@@H]4OC(CO)[C@@H](O)[C@H](O)C4O)cc(O)c3c2=O)C(O)C(O)[C@@H]1O. The van der Waals surface area contributed by atoms with Gasteiger partial charge in [-0.3, -0.25) is 4.79 Å². The van der Waals surface area contributed by atoms with Gasteiger partial charge in [0.15, 0.2) is 5.76 Å². The second-order valence-corrected chi connectivity index (χ2v) is 18.0. The number of hydrogen-bond acceptors (Lipinski definition) is 28. The second-order valence-electron chi connectivity index (χ2n) is 18.0. The van der Waals surface area contributed by atoms with Crippen molar-refractivity contribution in [3.8, 4) is 40.1 Å². The summed E-state index contributed by atoms with van der Waals surface area (Å²) in [6.07, 6.45) is -31.8. The summed E-state index contributed by atoms with van der Waals surface area (Å²) >= 11 is 0. The van der Waals surface area contributed by atoms with Crippen LogP contribution in [0, 0.1) is 0 Å². The molecule has 4 aliphatic heterocycles. The largest absolute Gasteiger partial charge is 0.507 e. The Bertz CT molecular complexity index is 2680. The Balaban J connectivity index is 1.02. The number of benzene rings is 3. The van der Waals surface area contributed by atoms with Crippen LogP contribution in [-0.2, 0) is 28.5 Å². The van der Waals surface area contributed by atoms with E-state index in [9.17, 15) is 91.3 Å². The Labute approximate surface area is 427 Å². The van der Waals surface area contributed by atoms with Crippen molar-refractivity contribution in [2.24, 2.45) is 0 Å². The molecule has 8 rings (SSSR count). The highest BCUT2D eigenvalue weighted by Gasteiger charge is 2.49. The maximum atomic E-state index is 14.5. The highest BCUT2D eigenvalue weighted by atomic mass is 16.7. The molecule has 4 saturated heterocycles. The topological polar surface area (TPSA) is 454 Å². The van der Waals surface area contributed by atoms with Crippen molar-refractivity contribution >= 4 is 23.0 Å². The van der Waals surface area contributed by atoms with Crippen LogP contribution < -0.4 is 24.4 Å². The monoisotopic (exact) mass is 1080 g/mol. The molecule has 0 spiro atoms. The number of phenolic OH excluding ortho intramolecular Hbond substituents is 1. The number of aromatic hydroxyl groups is 1. The summed E-state index contributed by atoms with van der Waals surface area (Å²) in [5, 5.41) is 165. The van der Waals surface area contributed by atoms with E-state index in [0.29, 0.717) is 5.56 Å². The lowest BCUT2D eigenvalue weighted by atomic mass is 9.99. The Morgan fingerprint density at radius 3 is 1.37 bits per heavy atom. The summed E-state index contributed by atoms with van der Waals surface area (Å²) in [5.74, 6) is -3.32. The highest BCUT2D eigenvalue weighted by Crippen LogP contribution is 2.39. The maximum Gasteiger partial charge on any atom is 0.330 e. The molecule has 0 amide bonds. The van der Waals surface area contributed by atoms with Gasteiger partial charge in [0.05, 0.1) is 19.8 Å². The van der Waals surface area contributed by atoms with Gasteiger partial charge in [-0.25, -0.2) is 4.79 Å². The van der Waals surface area contributed by atoms with Crippen molar-refractivity contribution in [2.45, 2.75) is 123 Å². The molecule has 0 aliphatic carbocycles. The van der Waals surface area contributed by atoms with Crippen molar-refractivity contribution in [3.05, 3.63) is 82.5 Å². The average Bonchev–Trinajstić information content (AvgIpc) is 3.43. The van der Waals surface area contributed by atoms with Gasteiger partial charge < -0.3 is 129 Å². The van der Waals surface area contributed by atoms with Crippen LogP contribution >= 0.6 is 0 Å². The van der Waals surface area contributed by atoms with Crippen LogP contribution in [0.1, 0.15) is 5.56 Å². The first-order chi connectivity index (χ1) is 36.2. The lowest BCUT2D eigenvalue weighted by Crippen LogP contribution is -2.60. The van der Waals surface area contributed by atoms with Crippen LogP contribution in [0.15, 0.2) is 76.0 Å². The average molecular weight is 1080 g/mol. The van der Waals surface area contributed by atoms with Crippen LogP contribution in [-0.4, -0.2) is 237 Å². The molecule has 0 saturated carbocycles. The molecule has 4 aromatic rings. The number of esters is 1. The minimum atomic E-state index is -2.12. The summed E-state index contributed by atoms with van der Waals surface area (Å²) in [4.78, 5) is 27.3. The lowest BCUT2D eigenvalue weighted by Gasteiger charge is -2.39. The van der Waals surface area contributed by atoms with Gasteiger partial charge in [-0.15, -0.1) is 0 Å². The molecule has 3 aromatic carbocycles. The van der Waals surface area contributed by atoms with Crippen LogP contribution in [0.25, 0.3) is 28.4 Å². The maximum absolute atomic E-state index is 14.5.